The summed E-state index contributed by atoms with van der Waals surface area (Å²) in [5.74, 6) is 2.20. The van der Waals surface area contributed by atoms with Gasteiger partial charge in [-0.2, -0.15) is 0 Å². The first kappa shape index (κ1) is 19.7. The number of ketones is 1. The lowest BCUT2D eigenvalue weighted by molar-refractivity contribution is 0.102. The number of hydrogen-bond donors (Lipinski definition) is 0. The van der Waals surface area contributed by atoms with Crippen molar-refractivity contribution < 1.29 is 9.21 Å². The highest BCUT2D eigenvalue weighted by molar-refractivity contribution is 7.99. The number of hydrogen-bond acceptors (Lipinski definition) is 6. The van der Waals surface area contributed by atoms with E-state index < -0.39 is 0 Å². The Kier molecular flexibility index (Phi) is 5.73. The SMILES string of the molecule is Cc1cc(C(=O)CSc2nnc(Cc3cccs3)n2C)c(C)n1Cc1ccco1. The molecule has 29 heavy (non-hydrogen) atoms. The minimum Gasteiger partial charge on any atom is -0.467 e. The number of aromatic nitrogens is 4. The zero-order valence-electron chi connectivity index (χ0n) is 16.6. The van der Waals surface area contributed by atoms with Crippen LogP contribution in [-0.2, 0) is 20.0 Å². The average molecular weight is 427 g/mol. The summed E-state index contributed by atoms with van der Waals surface area (Å²) in [6, 6.07) is 9.90. The Morgan fingerprint density at radius 3 is 2.83 bits per heavy atom. The van der Waals surface area contributed by atoms with Crippen molar-refractivity contribution >= 4 is 28.9 Å². The van der Waals surface area contributed by atoms with Gasteiger partial charge in [0, 0.05) is 35.3 Å². The summed E-state index contributed by atoms with van der Waals surface area (Å²) in [4.78, 5) is 14.1. The van der Waals surface area contributed by atoms with E-state index in [1.807, 2.05) is 49.7 Å². The molecule has 0 saturated heterocycles. The Hall–Kier alpha value is -2.58. The Bertz CT molecular complexity index is 1110. The maximum absolute atomic E-state index is 12.9. The normalized spacial score (nSPS) is 11.3. The molecule has 4 heterocycles. The molecule has 6 nitrogen and oxygen atoms in total. The topological polar surface area (TPSA) is 65.8 Å². The van der Waals surface area contributed by atoms with Crippen LogP contribution in [-0.4, -0.2) is 30.9 Å². The molecule has 0 fully saturated rings. The van der Waals surface area contributed by atoms with Crippen molar-refractivity contribution in [2.75, 3.05) is 5.75 Å². The summed E-state index contributed by atoms with van der Waals surface area (Å²) in [5.41, 5.74) is 2.76. The van der Waals surface area contributed by atoms with Crippen molar-refractivity contribution in [3.63, 3.8) is 0 Å². The number of Topliss-reactive ketones (excluding diaryl/α,β-unsaturated/α-hetero) is 1. The van der Waals surface area contributed by atoms with Crippen LogP contribution in [0.2, 0.25) is 0 Å². The number of rotatable bonds is 8. The molecule has 0 aliphatic rings. The number of carbonyl (C=O) groups is 1. The summed E-state index contributed by atoms with van der Waals surface area (Å²) in [6.45, 7) is 4.62. The van der Waals surface area contributed by atoms with Gasteiger partial charge in [0.1, 0.15) is 11.6 Å². The standard InChI is InChI=1S/C21H22N4O2S2/c1-14-10-18(15(2)25(14)12-16-6-4-8-27-16)19(26)13-29-21-23-22-20(24(21)3)11-17-7-5-9-28-17/h4-10H,11-13H2,1-3H3. The van der Waals surface area contributed by atoms with Crippen LogP contribution >= 0.6 is 23.1 Å². The third-order valence-corrected chi connectivity index (χ3v) is 6.83. The molecule has 0 aromatic carbocycles. The van der Waals surface area contributed by atoms with Gasteiger partial charge in [-0.25, -0.2) is 0 Å². The molecule has 0 amide bonds. The Morgan fingerprint density at radius 2 is 2.10 bits per heavy atom. The number of furan rings is 1. The molecular formula is C21H22N4O2S2. The van der Waals surface area contributed by atoms with Gasteiger partial charge in [0.05, 0.1) is 18.6 Å². The van der Waals surface area contributed by atoms with E-state index in [2.05, 4.69) is 26.2 Å². The number of nitrogens with zero attached hydrogens (tertiary/aromatic N) is 4. The van der Waals surface area contributed by atoms with Crippen molar-refractivity contribution in [2.45, 2.75) is 32.0 Å². The first-order chi connectivity index (χ1) is 14.0. The number of carbonyl (C=O) groups excluding carboxylic acids is 1. The zero-order valence-corrected chi connectivity index (χ0v) is 18.2. The van der Waals surface area contributed by atoms with Gasteiger partial charge < -0.3 is 13.6 Å². The highest BCUT2D eigenvalue weighted by Crippen LogP contribution is 2.23. The second kappa shape index (κ2) is 8.42. The fraction of sp³-hybridized carbons (Fsp3) is 0.286. The van der Waals surface area contributed by atoms with E-state index in [4.69, 9.17) is 4.42 Å². The molecule has 0 spiro atoms. The summed E-state index contributed by atoms with van der Waals surface area (Å²) >= 11 is 3.13. The predicted octanol–water partition coefficient (Wildman–Crippen LogP) is 4.50. The van der Waals surface area contributed by atoms with E-state index in [1.165, 1.54) is 16.6 Å². The minimum absolute atomic E-state index is 0.0941. The number of thiophene rings is 1. The van der Waals surface area contributed by atoms with Gasteiger partial charge in [-0.3, -0.25) is 4.79 Å². The van der Waals surface area contributed by atoms with Crippen molar-refractivity contribution in [3.8, 4) is 0 Å². The molecule has 0 atom stereocenters. The van der Waals surface area contributed by atoms with E-state index in [-0.39, 0.29) is 5.78 Å². The summed E-state index contributed by atoms with van der Waals surface area (Å²) in [5, 5.41) is 11.4. The van der Waals surface area contributed by atoms with Crippen LogP contribution in [0.5, 0.6) is 0 Å². The van der Waals surface area contributed by atoms with E-state index >= 15 is 0 Å². The Balaban J connectivity index is 1.43. The second-order valence-corrected chi connectivity index (χ2v) is 8.85. The lowest BCUT2D eigenvalue weighted by atomic mass is 10.2. The lowest BCUT2D eigenvalue weighted by Gasteiger charge is -2.08. The van der Waals surface area contributed by atoms with E-state index in [9.17, 15) is 4.79 Å². The molecule has 0 saturated carbocycles. The van der Waals surface area contributed by atoms with Crippen LogP contribution in [0.3, 0.4) is 0 Å². The maximum Gasteiger partial charge on any atom is 0.191 e. The van der Waals surface area contributed by atoms with Gasteiger partial charge in [0.2, 0.25) is 0 Å². The van der Waals surface area contributed by atoms with Gasteiger partial charge in [-0.15, -0.1) is 21.5 Å². The first-order valence-corrected chi connectivity index (χ1v) is 11.1. The highest BCUT2D eigenvalue weighted by atomic mass is 32.2. The number of thioether (sulfide) groups is 1. The monoisotopic (exact) mass is 426 g/mol. The van der Waals surface area contributed by atoms with Crippen LogP contribution in [0.25, 0.3) is 0 Å². The van der Waals surface area contributed by atoms with Gasteiger partial charge in [-0.1, -0.05) is 17.8 Å². The molecule has 4 aromatic heterocycles. The highest BCUT2D eigenvalue weighted by Gasteiger charge is 2.18. The van der Waals surface area contributed by atoms with Gasteiger partial charge >= 0.3 is 0 Å². The minimum atomic E-state index is 0.0941. The largest absolute Gasteiger partial charge is 0.467 e. The average Bonchev–Trinajstić information content (AvgIpc) is 3.49. The van der Waals surface area contributed by atoms with Crippen molar-refractivity contribution in [3.05, 3.63) is 75.4 Å². The van der Waals surface area contributed by atoms with Crippen molar-refractivity contribution in [1.29, 1.82) is 0 Å². The molecule has 4 rings (SSSR count). The zero-order chi connectivity index (χ0) is 20.4. The van der Waals surface area contributed by atoms with Crippen LogP contribution in [0.4, 0.5) is 0 Å². The molecule has 0 bridgehead atoms. The van der Waals surface area contributed by atoms with E-state index in [1.54, 1.807) is 17.6 Å². The van der Waals surface area contributed by atoms with Crippen LogP contribution in [0.1, 0.15) is 38.2 Å². The fourth-order valence-electron chi connectivity index (χ4n) is 3.29. The second-order valence-electron chi connectivity index (χ2n) is 6.88. The fourth-order valence-corrected chi connectivity index (χ4v) is 4.80. The van der Waals surface area contributed by atoms with Crippen LogP contribution in [0, 0.1) is 13.8 Å². The first-order valence-electron chi connectivity index (χ1n) is 9.28. The molecular weight excluding hydrogens is 404 g/mol. The quantitative estimate of drug-likeness (QED) is 0.306. The summed E-state index contributed by atoms with van der Waals surface area (Å²) < 4.78 is 9.53. The predicted molar refractivity (Wildman–Crippen MR) is 115 cm³/mol. The van der Waals surface area contributed by atoms with E-state index in [0.717, 1.165) is 40.1 Å². The summed E-state index contributed by atoms with van der Waals surface area (Å²) in [7, 11) is 1.95. The lowest BCUT2D eigenvalue weighted by Crippen LogP contribution is -2.08. The third kappa shape index (κ3) is 4.23. The number of aryl methyl sites for hydroxylation is 1. The molecule has 0 radical (unpaired) electrons. The molecule has 0 N–H and O–H groups in total. The molecule has 0 unspecified atom stereocenters. The Labute approximate surface area is 177 Å². The van der Waals surface area contributed by atoms with Gasteiger partial charge in [0.25, 0.3) is 0 Å². The van der Waals surface area contributed by atoms with Gasteiger partial charge in [-0.05, 0) is 43.5 Å². The van der Waals surface area contributed by atoms with E-state index in [0.29, 0.717) is 12.3 Å². The molecule has 0 aliphatic carbocycles. The summed E-state index contributed by atoms with van der Waals surface area (Å²) in [6.07, 6.45) is 2.42. The molecule has 150 valence electrons. The molecule has 0 aliphatic heterocycles. The van der Waals surface area contributed by atoms with Crippen molar-refractivity contribution in [1.82, 2.24) is 19.3 Å². The Morgan fingerprint density at radius 1 is 1.24 bits per heavy atom. The third-order valence-electron chi connectivity index (χ3n) is 4.94. The maximum atomic E-state index is 12.9. The molecule has 8 heteroatoms. The molecule has 4 aromatic rings. The van der Waals surface area contributed by atoms with Crippen LogP contribution < -0.4 is 0 Å². The van der Waals surface area contributed by atoms with Crippen molar-refractivity contribution in [2.24, 2.45) is 7.05 Å². The van der Waals surface area contributed by atoms with Gasteiger partial charge in [0.15, 0.2) is 10.9 Å². The smallest absolute Gasteiger partial charge is 0.191 e. The van der Waals surface area contributed by atoms with Crippen LogP contribution in [0.15, 0.2) is 51.5 Å².